The minimum absolute atomic E-state index is 0.187. The summed E-state index contributed by atoms with van der Waals surface area (Å²) in [5, 5.41) is 0. The predicted molar refractivity (Wildman–Crippen MR) is 75.1 cm³/mol. The van der Waals surface area contributed by atoms with E-state index in [9.17, 15) is 0 Å². The molecule has 0 aliphatic carbocycles. The average molecular weight is 234 g/mol. The first-order valence-corrected chi connectivity index (χ1v) is 6.29. The number of rotatable bonds is 5. The lowest BCUT2D eigenvalue weighted by atomic mass is 9.93. The molecule has 0 heterocycles. The van der Waals surface area contributed by atoms with Crippen molar-refractivity contribution in [1.29, 1.82) is 0 Å². The summed E-state index contributed by atoms with van der Waals surface area (Å²) >= 11 is 0. The molecular formula is C15H26N2. The van der Waals surface area contributed by atoms with Crippen molar-refractivity contribution in [2.24, 2.45) is 11.1 Å². The maximum atomic E-state index is 5.78. The lowest BCUT2D eigenvalue weighted by Gasteiger charge is -2.29. The van der Waals surface area contributed by atoms with Gasteiger partial charge in [0.2, 0.25) is 0 Å². The highest BCUT2D eigenvalue weighted by molar-refractivity contribution is 5.30. The summed E-state index contributed by atoms with van der Waals surface area (Å²) in [6.45, 7) is 11.5. The maximum Gasteiger partial charge on any atom is 0.0233 e. The third-order valence-corrected chi connectivity index (χ3v) is 3.20. The van der Waals surface area contributed by atoms with Crippen molar-refractivity contribution in [3.05, 3.63) is 34.9 Å². The second kappa shape index (κ2) is 5.65. The third kappa shape index (κ3) is 4.49. The first-order chi connectivity index (χ1) is 7.84. The van der Waals surface area contributed by atoms with Crippen LogP contribution in [0.5, 0.6) is 0 Å². The Morgan fingerprint density at radius 1 is 1.24 bits per heavy atom. The van der Waals surface area contributed by atoms with Crippen LogP contribution in [0.1, 0.15) is 30.5 Å². The van der Waals surface area contributed by atoms with Gasteiger partial charge in [0.25, 0.3) is 0 Å². The summed E-state index contributed by atoms with van der Waals surface area (Å²) in [5.74, 6) is 0. The number of aryl methyl sites for hydroxylation is 2. The number of benzene rings is 1. The van der Waals surface area contributed by atoms with Crippen LogP contribution in [0.3, 0.4) is 0 Å². The first kappa shape index (κ1) is 14.2. The summed E-state index contributed by atoms with van der Waals surface area (Å²) < 4.78 is 0. The fourth-order valence-electron chi connectivity index (χ4n) is 2.11. The van der Waals surface area contributed by atoms with Gasteiger partial charge < -0.3 is 10.6 Å². The first-order valence-electron chi connectivity index (χ1n) is 6.29. The van der Waals surface area contributed by atoms with Crippen LogP contribution in [0.15, 0.2) is 18.2 Å². The largest absolute Gasteiger partial charge is 0.330 e. The van der Waals surface area contributed by atoms with Crippen molar-refractivity contribution in [3.63, 3.8) is 0 Å². The van der Waals surface area contributed by atoms with Crippen LogP contribution in [0.2, 0.25) is 0 Å². The average Bonchev–Trinajstić information content (AvgIpc) is 2.23. The molecule has 0 spiro atoms. The molecule has 96 valence electrons. The summed E-state index contributed by atoms with van der Waals surface area (Å²) in [6, 6.07) is 6.65. The molecule has 0 saturated carbocycles. The Morgan fingerprint density at radius 3 is 2.47 bits per heavy atom. The fourth-order valence-corrected chi connectivity index (χ4v) is 2.11. The summed E-state index contributed by atoms with van der Waals surface area (Å²) in [4.78, 5) is 2.36. The monoisotopic (exact) mass is 234 g/mol. The van der Waals surface area contributed by atoms with Crippen LogP contribution < -0.4 is 5.73 Å². The molecule has 2 heteroatoms. The third-order valence-electron chi connectivity index (χ3n) is 3.20. The molecule has 0 atom stereocenters. The second-order valence-electron chi connectivity index (χ2n) is 5.97. The van der Waals surface area contributed by atoms with Crippen LogP contribution >= 0.6 is 0 Å². The summed E-state index contributed by atoms with van der Waals surface area (Å²) in [7, 11) is 2.17. The molecule has 0 aromatic heterocycles. The maximum absolute atomic E-state index is 5.78. The molecule has 0 unspecified atom stereocenters. The van der Waals surface area contributed by atoms with Crippen LogP contribution in [0.4, 0.5) is 0 Å². The zero-order valence-electron chi connectivity index (χ0n) is 11.9. The van der Waals surface area contributed by atoms with Gasteiger partial charge in [-0.25, -0.2) is 0 Å². The molecule has 0 radical (unpaired) electrons. The van der Waals surface area contributed by atoms with Crippen molar-refractivity contribution in [2.75, 3.05) is 20.1 Å². The summed E-state index contributed by atoms with van der Waals surface area (Å²) in [5.41, 5.74) is 10.1. The number of hydrogen-bond donors (Lipinski definition) is 1. The topological polar surface area (TPSA) is 29.3 Å². The van der Waals surface area contributed by atoms with E-state index in [1.54, 1.807) is 0 Å². The highest BCUT2D eigenvalue weighted by Crippen LogP contribution is 2.17. The van der Waals surface area contributed by atoms with Crippen LogP contribution in [-0.2, 0) is 6.54 Å². The quantitative estimate of drug-likeness (QED) is 0.849. The Morgan fingerprint density at radius 2 is 1.88 bits per heavy atom. The van der Waals surface area contributed by atoms with E-state index in [1.807, 2.05) is 0 Å². The molecule has 0 aliphatic rings. The zero-order valence-corrected chi connectivity index (χ0v) is 11.9. The van der Waals surface area contributed by atoms with Gasteiger partial charge in [0, 0.05) is 13.1 Å². The van der Waals surface area contributed by atoms with Gasteiger partial charge in [-0.2, -0.15) is 0 Å². The SMILES string of the molecule is Cc1ccc(C)c(CN(C)CC(C)(C)CN)c1. The van der Waals surface area contributed by atoms with Gasteiger partial charge in [0.1, 0.15) is 0 Å². The second-order valence-corrected chi connectivity index (χ2v) is 5.97. The lowest BCUT2D eigenvalue weighted by Crippen LogP contribution is -2.36. The summed E-state index contributed by atoms with van der Waals surface area (Å²) in [6.07, 6.45) is 0. The van der Waals surface area contributed by atoms with E-state index in [0.717, 1.165) is 19.6 Å². The Bertz CT molecular complexity index is 369. The highest BCUT2D eigenvalue weighted by Gasteiger charge is 2.18. The van der Waals surface area contributed by atoms with Crippen molar-refractivity contribution in [1.82, 2.24) is 4.90 Å². The van der Waals surface area contributed by atoms with Crippen molar-refractivity contribution in [3.8, 4) is 0 Å². The molecule has 1 rings (SSSR count). The number of nitrogens with zero attached hydrogens (tertiary/aromatic N) is 1. The molecule has 0 saturated heterocycles. The highest BCUT2D eigenvalue weighted by atomic mass is 15.1. The number of hydrogen-bond acceptors (Lipinski definition) is 2. The fraction of sp³-hybridized carbons (Fsp3) is 0.600. The smallest absolute Gasteiger partial charge is 0.0233 e. The lowest BCUT2D eigenvalue weighted by molar-refractivity contribution is 0.209. The molecule has 2 nitrogen and oxygen atoms in total. The minimum Gasteiger partial charge on any atom is -0.330 e. The molecule has 1 aromatic rings. The zero-order chi connectivity index (χ0) is 13.1. The van der Waals surface area contributed by atoms with E-state index in [-0.39, 0.29) is 5.41 Å². The Labute approximate surface area is 106 Å². The molecule has 1 aromatic carbocycles. The van der Waals surface area contributed by atoms with Gasteiger partial charge in [0.15, 0.2) is 0 Å². The van der Waals surface area contributed by atoms with Gasteiger partial charge in [0.05, 0.1) is 0 Å². The molecular weight excluding hydrogens is 208 g/mol. The molecule has 0 amide bonds. The molecule has 0 fully saturated rings. The van der Waals surface area contributed by atoms with Gasteiger partial charge in [-0.1, -0.05) is 37.6 Å². The van der Waals surface area contributed by atoms with E-state index in [4.69, 9.17) is 5.73 Å². The van der Waals surface area contributed by atoms with Gasteiger partial charge >= 0.3 is 0 Å². The van der Waals surface area contributed by atoms with Crippen LogP contribution in [0, 0.1) is 19.3 Å². The molecule has 2 N–H and O–H groups in total. The van der Waals surface area contributed by atoms with E-state index in [1.165, 1.54) is 16.7 Å². The van der Waals surface area contributed by atoms with Crippen molar-refractivity contribution < 1.29 is 0 Å². The normalized spacial score (nSPS) is 12.2. The van der Waals surface area contributed by atoms with Gasteiger partial charge in [-0.05, 0) is 44.0 Å². The molecule has 0 bridgehead atoms. The van der Waals surface area contributed by atoms with E-state index in [2.05, 4.69) is 57.8 Å². The van der Waals surface area contributed by atoms with Gasteiger partial charge in [-0.3, -0.25) is 0 Å². The van der Waals surface area contributed by atoms with Crippen molar-refractivity contribution >= 4 is 0 Å². The minimum atomic E-state index is 0.187. The van der Waals surface area contributed by atoms with Crippen LogP contribution in [-0.4, -0.2) is 25.0 Å². The Balaban J connectivity index is 2.68. The van der Waals surface area contributed by atoms with E-state index in [0.29, 0.717) is 0 Å². The van der Waals surface area contributed by atoms with Crippen molar-refractivity contribution in [2.45, 2.75) is 34.2 Å². The Hall–Kier alpha value is -0.860. The van der Waals surface area contributed by atoms with E-state index < -0.39 is 0 Å². The predicted octanol–water partition coefficient (Wildman–Crippen LogP) is 2.72. The van der Waals surface area contributed by atoms with Crippen LogP contribution in [0.25, 0.3) is 0 Å². The van der Waals surface area contributed by atoms with E-state index >= 15 is 0 Å². The standard InChI is InChI=1S/C15H26N2/c1-12-6-7-13(2)14(8-12)9-17(5)11-15(3,4)10-16/h6-8H,9-11,16H2,1-5H3. The molecule has 0 aliphatic heterocycles. The Kier molecular flexibility index (Phi) is 4.72. The van der Waals surface area contributed by atoms with Gasteiger partial charge in [-0.15, -0.1) is 0 Å². The number of nitrogens with two attached hydrogens (primary N) is 1. The molecule has 17 heavy (non-hydrogen) atoms.